The quantitative estimate of drug-likeness (QED) is 0.658. The number of rotatable bonds is 9. The second-order valence-electron chi connectivity index (χ2n) is 6.28. The van der Waals surface area contributed by atoms with Crippen molar-refractivity contribution in [3.63, 3.8) is 0 Å². The number of nitrogens with one attached hydrogen (secondary N) is 2. The van der Waals surface area contributed by atoms with Gasteiger partial charge in [0.05, 0.1) is 6.54 Å². The van der Waals surface area contributed by atoms with E-state index in [0.717, 1.165) is 31.6 Å². The minimum absolute atomic E-state index is 0.0213. The van der Waals surface area contributed by atoms with Crippen molar-refractivity contribution in [3.05, 3.63) is 59.1 Å². The first kappa shape index (κ1) is 20.8. The zero-order valence-corrected chi connectivity index (χ0v) is 16.6. The molecule has 5 nitrogen and oxygen atoms in total. The number of amides is 2. The second kappa shape index (κ2) is 10.6. The first-order valence-electron chi connectivity index (χ1n) is 9.22. The van der Waals surface area contributed by atoms with Gasteiger partial charge >= 0.3 is 0 Å². The van der Waals surface area contributed by atoms with Crippen LogP contribution in [0.2, 0.25) is 5.02 Å². The van der Waals surface area contributed by atoms with Crippen LogP contribution in [0.4, 0.5) is 11.4 Å². The fraction of sp³-hybridized carbons (Fsp3) is 0.333. The Bertz CT molecular complexity index is 756. The van der Waals surface area contributed by atoms with Gasteiger partial charge in [-0.25, -0.2) is 0 Å². The third-order valence-corrected chi connectivity index (χ3v) is 4.22. The number of hydrogen-bond acceptors (Lipinski definition) is 3. The lowest BCUT2D eigenvalue weighted by Crippen LogP contribution is -2.32. The van der Waals surface area contributed by atoms with Crippen molar-refractivity contribution in [2.45, 2.75) is 26.7 Å². The normalized spacial score (nSPS) is 10.3. The molecule has 6 heteroatoms. The molecule has 0 aliphatic heterocycles. The molecule has 2 amide bonds. The van der Waals surface area contributed by atoms with Crippen LogP contribution < -0.4 is 10.6 Å². The maximum Gasteiger partial charge on any atom is 0.253 e. The number of nitrogens with zero attached hydrogens (tertiary/aromatic N) is 1. The summed E-state index contributed by atoms with van der Waals surface area (Å²) in [5.41, 5.74) is 2.05. The lowest BCUT2D eigenvalue weighted by atomic mass is 10.1. The van der Waals surface area contributed by atoms with Crippen LogP contribution in [0.3, 0.4) is 0 Å². The van der Waals surface area contributed by atoms with Crippen LogP contribution in [-0.4, -0.2) is 36.3 Å². The van der Waals surface area contributed by atoms with Crippen molar-refractivity contribution < 1.29 is 9.59 Å². The summed E-state index contributed by atoms with van der Waals surface area (Å²) in [6.45, 7) is 5.72. The molecule has 2 rings (SSSR count). The number of carbonyl (C=O) groups is 2. The maximum absolute atomic E-state index is 12.7. The Morgan fingerprint density at radius 2 is 1.63 bits per heavy atom. The SMILES string of the molecule is CCCN(CCC)C(=O)c1cccc(NCC(=O)Nc2ccc(Cl)cc2)c1. The summed E-state index contributed by atoms with van der Waals surface area (Å²) in [5.74, 6) is -0.152. The van der Waals surface area contributed by atoms with Crippen LogP contribution in [0.15, 0.2) is 48.5 Å². The number of anilines is 2. The highest BCUT2D eigenvalue weighted by Crippen LogP contribution is 2.15. The Morgan fingerprint density at radius 3 is 2.26 bits per heavy atom. The first-order valence-corrected chi connectivity index (χ1v) is 9.60. The smallest absolute Gasteiger partial charge is 0.253 e. The van der Waals surface area contributed by atoms with Crippen molar-refractivity contribution in [1.82, 2.24) is 4.90 Å². The molecule has 0 aliphatic carbocycles. The lowest BCUT2D eigenvalue weighted by Gasteiger charge is -2.21. The number of benzene rings is 2. The van der Waals surface area contributed by atoms with E-state index in [2.05, 4.69) is 24.5 Å². The van der Waals surface area contributed by atoms with Crippen LogP contribution >= 0.6 is 11.6 Å². The molecule has 0 heterocycles. The molecule has 2 aromatic rings. The predicted molar refractivity (Wildman–Crippen MR) is 111 cm³/mol. The first-order chi connectivity index (χ1) is 13.0. The largest absolute Gasteiger partial charge is 0.376 e. The molecule has 27 heavy (non-hydrogen) atoms. The molecule has 0 aliphatic rings. The molecule has 0 unspecified atom stereocenters. The average Bonchev–Trinajstić information content (AvgIpc) is 2.68. The van der Waals surface area contributed by atoms with E-state index in [1.54, 1.807) is 36.4 Å². The van der Waals surface area contributed by atoms with Crippen LogP contribution in [0.1, 0.15) is 37.0 Å². The van der Waals surface area contributed by atoms with Gasteiger partial charge in [-0.1, -0.05) is 31.5 Å². The summed E-state index contributed by atoms with van der Waals surface area (Å²) >= 11 is 5.84. The average molecular weight is 388 g/mol. The summed E-state index contributed by atoms with van der Waals surface area (Å²) in [4.78, 5) is 26.6. The summed E-state index contributed by atoms with van der Waals surface area (Å²) in [7, 11) is 0. The monoisotopic (exact) mass is 387 g/mol. The second-order valence-corrected chi connectivity index (χ2v) is 6.72. The van der Waals surface area contributed by atoms with E-state index in [1.807, 2.05) is 17.0 Å². The lowest BCUT2D eigenvalue weighted by molar-refractivity contribution is -0.114. The van der Waals surface area contributed by atoms with E-state index in [9.17, 15) is 9.59 Å². The van der Waals surface area contributed by atoms with Crippen molar-refractivity contribution in [1.29, 1.82) is 0 Å². The van der Waals surface area contributed by atoms with Crippen LogP contribution in [0, 0.1) is 0 Å². The van der Waals surface area contributed by atoms with Crippen molar-refractivity contribution in [2.24, 2.45) is 0 Å². The van der Waals surface area contributed by atoms with Crippen molar-refractivity contribution >= 4 is 34.8 Å². The van der Waals surface area contributed by atoms with E-state index in [4.69, 9.17) is 11.6 Å². The van der Waals surface area contributed by atoms with Gasteiger partial charge in [-0.2, -0.15) is 0 Å². The summed E-state index contributed by atoms with van der Waals surface area (Å²) in [6.07, 6.45) is 1.85. The standard InChI is InChI=1S/C21H26ClN3O2/c1-3-12-25(13-4-2)21(27)16-6-5-7-19(14-16)23-15-20(26)24-18-10-8-17(22)9-11-18/h5-11,14,23H,3-4,12-13,15H2,1-2H3,(H,24,26). The van der Waals surface area contributed by atoms with Crippen molar-refractivity contribution in [2.75, 3.05) is 30.3 Å². The molecular formula is C21H26ClN3O2. The molecule has 0 fully saturated rings. The molecule has 0 bridgehead atoms. The molecule has 2 N–H and O–H groups in total. The summed E-state index contributed by atoms with van der Waals surface area (Å²) in [6, 6.07) is 14.2. The molecule has 0 aromatic heterocycles. The fourth-order valence-corrected chi connectivity index (χ4v) is 2.85. The highest BCUT2D eigenvalue weighted by Gasteiger charge is 2.14. The van der Waals surface area contributed by atoms with Gasteiger partial charge in [0.2, 0.25) is 5.91 Å². The maximum atomic E-state index is 12.7. The fourth-order valence-electron chi connectivity index (χ4n) is 2.72. The molecule has 2 aromatic carbocycles. The van der Waals surface area contributed by atoms with Crippen LogP contribution in [0.5, 0.6) is 0 Å². The van der Waals surface area contributed by atoms with Gasteiger partial charge in [-0.05, 0) is 55.3 Å². The molecular weight excluding hydrogens is 362 g/mol. The van der Waals surface area contributed by atoms with Gasteiger partial charge in [0.15, 0.2) is 0 Å². The van der Waals surface area contributed by atoms with Gasteiger partial charge in [-0.15, -0.1) is 0 Å². The van der Waals surface area contributed by atoms with E-state index >= 15 is 0 Å². The van der Waals surface area contributed by atoms with E-state index < -0.39 is 0 Å². The van der Waals surface area contributed by atoms with Crippen LogP contribution in [0.25, 0.3) is 0 Å². The topological polar surface area (TPSA) is 61.4 Å². The van der Waals surface area contributed by atoms with Gasteiger partial charge in [-0.3, -0.25) is 9.59 Å². The number of hydrogen-bond donors (Lipinski definition) is 2. The molecule has 0 saturated carbocycles. The number of carbonyl (C=O) groups excluding carboxylic acids is 2. The third-order valence-electron chi connectivity index (χ3n) is 3.96. The van der Waals surface area contributed by atoms with Crippen molar-refractivity contribution in [3.8, 4) is 0 Å². The molecule has 144 valence electrons. The van der Waals surface area contributed by atoms with E-state index in [1.165, 1.54) is 0 Å². The van der Waals surface area contributed by atoms with Crippen LogP contribution in [-0.2, 0) is 4.79 Å². The third kappa shape index (κ3) is 6.61. The minimum atomic E-state index is -0.173. The zero-order chi connectivity index (χ0) is 19.6. The Balaban J connectivity index is 1.95. The Labute approximate surface area is 165 Å². The van der Waals surface area contributed by atoms with E-state index in [-0.39, 0.29) is 18.4 Å². The zero-order valence-electron chi connectivity index (χ0n) is 15.8. The van der Waals surface area contributed by atoms with Gasteiger partial charge < -0.3 is 15.5 Å². The minimum Gasteiger partial charge on any atom is -0.376 e. The molecule has 0 radical (unpaired) electrons. The van der Waals surface area contributed by atoms with Gasteiger partial charge in [0.25, 0.3) is 5.91 Å². The molecule has 0 atom stereocenters. The van der Waals surface area contributed by atoms with E-state index in [0.29, 0.717) is 16.3 Å². The number of halogens is 1. The Hall–Kier alpha value is -2.53. The highest BCUT2D eigenvalue weighted by atomic mass is 35.5. The predicted octanol–water partition coefficient (Wildman–Crippen LogP) is 4.65. The molecule has 0 spiro atoms. The van der Waals surface area contributed by atoms with Gasteiger partial charge in [0, 0.05) is 35.1 Å². The molecule has 0 saturated heterocycles. The highest BCUT2D eigenvalue weighted by molar-refractivity contribution is 6.30. The van der Waals surface area contributed by atoms with Gasteiger partial charge in [0.1, 0.15) is 0 Å². The Morgan fingerprint density at radius 1 is 0.963 bits per heavy atom. The summed E-state index contributed by atoms with van der Waals surface area (Å²) < 4.78 is 0. The summed E-state index contributed by atoms with van der Waals surface area (Å²) in [5, 5.41) is 6.48. The Kier molecular flexibility index (Phi) is 8.14.